The van der Waals surface area contributed by atoms with Crippen molar-refractivity contribution in [3.63, 3.8) is 0 Å². The van der Waals surface area contributed by atoms with E-state index in [9.17, 15) is 9.59 Å². The van der Waals surface area contributed by atoms with Crippen LogP contribution >= 0.6 is 0 Å². The van der Waals surface area contributed by atoms with Crippen molar-refractivity contribution in [1.82, 2.24) is 0 Å². The fraction of sp³-hybridized carbons (Fsp3) is 0.500. The maximum absolute atomic E-state index is 10.8. The lowest BCUT2D eigenvalue weighted by Gasteiger charge is -2.05. The first-order chi connectivity index (χ1) is 5.57. The number of hydrogen-bond acceptors (Lipinski definition) is 4. The average molecular weight is 171 g/mol. The normalized spacial score (nSPS) is 11.8. The van der Waals surface area contributed by atoms with E-state index in [1.807, 2.05) is 0 Å². The zero-order valence-electron chi connectivity index (χ0n) is 7.08. The van der Waals surface area contributed by atoms with Gasteiger partial charge in [-0.3, -0.25) is 0 Å². The van der Waals surface area contributed by atoms with Gasteiger partial charge in [0.2, 0.25) is 0 Å². The number of aldehydes is 1. The minimum absolute atomic E-state index is 0.158. The van der Waals surface area contributed by atoms with Gasteiger partial charge in [0.25, 0.3) is 0 Å². The van der Waals surface area contributed by atoms with Crippen molar-refractivity contribution in [2.24, 2.45) is 5.73 Å². The highest BCUT2D eigenvalue weighted by molar-refractivity contribution is 5.86. The molecule has 0 heterocycles. The molecule has 0 radical (unpaired) electrons. The molecular weight excluding hydrogens is 158 g/mol. The molecule has 0 spiro atoms. The Bertz CT molecular complexity index is 189. The van der Waals surface area contributed by atoms with Crippen LogP contribution < -0.4 is 5.73 Å². The lowest BCUT2D eigenvalue weighted by molar-refractivity contribution is -0.139. The van der Waals surface area contributed by atoms with E-state index in [2.05, 4.69) is 6.58 Å². The van der Waals surface area contributed by atoms with Crippen molar-refractivity contribution in [1.29, 1.82) is 0 Å². The Labute approximate surface area is 71.4 Å². The molecule has 2 N–H and O–H groups in total. The van der Waals surface area contributed by atoms with Crippen LogP contribution in [0, 0.1) is 0 Å². The van der Waals surface area contributed by atoms with E-state index < -0.39 is 12.0 Å². The monoisotopic (exact) mass is 171 g/mol. The first-order valence-corrected chi connectivity index (χ1v) is 3.61. The maximum Gasteiger partial charge on any atom is 0.333 e. The molecule has 0 aliphatic rings. The molecule has 0 fully saturated rings. The standard InChI is InChI=1S/C8H13NO3/c1-6(2)8(11)12-4-3-7(9)5-10/h5,7H,1,3-4,9H2,2H3. The van der Waals surface area contributed by atoms with Crippen molar-refractivity contribution in [3.8, 4) is 0 Å². The number of nitrogens with two attached hydrogens (primary N) is 1. The second-order valence-electron chi connectivity index (χ2n) is 2.50. The number of ether oxygens (including phenoxy) is 1. The Morgan fingerprint density at radius 3 is 2.75 bits per heavy atom. The highest BCUT2D eigenvalue weighted by Gasteiger charge is 2.04. The molecule has 4 heteroatoms. The summed E-state index contributed by atoms with van der Waals surface area (Å²) >= 11 is 0. The summed E-state index contributed by atoms with van der Waals surface area (Å²) in [5.74, 6) is -0.451. The van der Waals surface area contributed by atoms with Crippen LogP contribution in [0.1, 0.15) is 13.3 Å². The van der Waals surface area contributed by atoms with Gasteiger partial charge in [-0.1, -0.05) is 6.58 Å². The Kier molecular flexibility index (Phi) is 4.96. The third-order valence-corrected chi connectivity index (χ3v) is 1.21. The van der Waals surface area contributed by atoms with Crippen LogP contribution in [-0.4, -0.2) is 24.9 Å². The van der Waals surface area contributed by atoms with Crippen molar-refractivity contribution in [3.05, 3.63) is 12.2 Å². The van der Waals surface area contributed by atoms with Gasteiger partial charge in [0, 0.05) is 12.0 Å². The Morgan fingerprint density at radius 1 is 1.75 bits per heavy atom. The topological polar surface area (TPSA) is 69.4 Å². The Hall–Kier alpha value is -1.16. The van der Waals surface area contributed by atoms with E-state index in [0.717, 1.165) is 0 Å². The highest BCUT2D eigenvalue weighted by atomic mass is 16.5. The van der Waals surface area contributed by atoms with Gasteiger partial charge in [-0.2, -0.15) is 0 Å². The Balaban J connectivity index is 3.50. The van der Waals surface area contributed by atoms with E-state index in [0.29, 0.717) is 18.3 Å². The Morgan fingerprint density at radius 2 is 2.33 bits per heavy atom. The van der Waals surface area contributed by atoms with Gasteiger partial charge in [0.1, 0.15) is 6.29 Å². The van der Waals surface area contributed by atoms with Crippen molar-refractivity contribution in [2.45, 2.75) is 19.4 Å². The average Bonchev–Trinajstić information content (AvgIpc) is 2.03. The molecule has 0 aliphatic carbocycles. The van der Waals surface area contributed by atoms with E-state index in [4.69, 9.17) is 10.5 Å². The molecule has 0 aliphatic heterocycles. The van der Waals surface area contributed by atoms with Gasteiger partial charge in [-0.25, -0.2) is 4.79 Å². The summed E-state index contributed by atoms with van der Waals surface area (Å²) in [4.78, 5) is 20.8. The SMILES string of the molecule is C=C(C)C(=O)OCCC(N)C=O. The van der Waals surface area contributed by atoms with Gasteiger partial charge in [-0.15, -0.1) is 0 Å². The van der Waals surface area contributed by atoms with Crippen LogP contribution in [0.25, 0.3) is 0 Å². The van der Waals surface area contributed by atoms with E-state index >= 15 is 0 Å². The predicted molar refractivity (Wildman–Crippen MR) is 44.4 cm³/mol. The van der Waals surface area contributed by atoms with Crippen molar-refractivity contribution < 1.29 is 14.3 Å². The van der Waals surface area contributed by atoms with Crippen LogP contribution in [-0.2, 0) is 14.3 Å². The van der Waals surface area contributed by atoms with E-state index in [1.165, 1.54) is 0 Å². The molecule has 68 valence electrons. The molecule has 0 aromatic heterocycles. The third kappa shape index (κ3) is 4.62. The molecule has 0 aromatic carbocycles. The van der Waals surface area contributed by atoms with E-state index in [-0.39, 0.29) is 6.61 Å². The molecular formula is C8H13NO3. The number of carbonyl (C=O) groups is 2. The van der Waals surface area contributed by atoms with Gasteiger partial charge < -0.3 is 15.3 Å². The summed E-state index contributed by atoms with van der Waals surface area (Å²) < 4.78 is 4.70. The van der Waals surface area contributed by atoms with E-state index in [1.54, 1.807) is 6.92 Å². The molecule has 0 rings (SSSR count). The summed E-state index contributed by atoms with van der Waals surface area (Å²) in [6, 6.07) is -0.553. The fourth-order valence-corrected chi connectivity index (χ4v) is 0.479. The second kappa shape index (κ2) is 5.49. The van der Waals surface area contributed by atoms with Crippen LogP contribution in [0.5, 0.6) is 0 Å². The molecule has 12 heavy (non-hydrogen) atoms. The van der Waals surface area contributed by atoms with Crippen LogP contribution in [0.3, 0.4) is 0 Å². The molecule has 0 aromatic rings. The largest absolute Gasteiger partial charge is 0.462 e. The van der Waals surface area contributed by atoms with Gasteiger partial charge in [0.15, 0.2) is 0 Å². The van der Waals surface area contributed by atoms with Crippen molar-refractivity contribution >= 4 is 12.3 Å². The second-order valence-corrected chi connectivity index (χ2v) is 2.50. The van der Waals surface area contributed by atoms with Gasteiger partial charge >= 0.3 is 5.97 Å². The molecule has 0 saturated carbocycles. The summed E-state index contributed by atoms with van der Waals surface area (Å²) in [6.07, 6.45) is 0.969. The van der Waals surface area contributed by atoms with Crippen LogP contribution in [0.2, 0.25) is 0 Å². The minimum Gasteiger partial charge on any atom is -0.462 e. The summed E-state index contributed by atoms with van der Waals surface area (Å²) in [6.45, 7) is 5.11. The first kappa shape index (κ1) is 10.8. The summed E-state index contributed by atoms with van der Waals surface area (Å²) in [5.41, 5.74) is 5.60. The number of rotatable bonds is 5. The van der Waals surface area contributed by atoms with Crippen LogP contribution in [0.15, 0.2) is 12.2 Å². The minimum atomic E-state index is -0.553. The lowest BCUT2D eigenvalue weighted by atomic mass is 10.2. The summed E-state index contributed by atoms with van der Waals surface area (Å²) in [5, 5.41) is 0. The highest BCUT2D eigenvalue weighted by Crippen LogP contribution is 1.94. The first-order valence-electron chi connectivity index (χ1n) is 3.61. The predicted octanol–water partition coefficient (Wildman–Crippen LogP) is 0.0220. The number of carbonyl (C=O) groups excluding carboxylic acids is 2. The number of esters is 1. The third-order valence-electron chi connectivity index (χ3n) is 1.21. The molecule has 0 bridgehead atoms. The molecule has 4 nitrogen and oxygen atoms in total. The fourth-order valence-electron chi connectivity index (χ4n) is 0.479. The molecule has 0 saturated heterocycles. The smallest absolute Gasteiger partial charge is 0.333 e. The molecule has 1 unspecified atom stereocenters. The maximum atomic E-state index is 10.8. The van der Waals surface area contributed by atoms with Gasteiger partial charge in [0.05, 0.1) is 12.6 Å². The molecule has 0 amide bonds. The number of hydrogen-bond donors (Lipinski definition) is 1. The van der Waals surface area contributed by atoms with Crippen LogP contribution in [0.4, 0.5) is 0 Å². The zero-order chi connectivity index (χ0) is 9.56. The molecule has 1 atom stereocenters. The summed E-state index contributed by atoms with van der Waals surface area (Å²) in [7, 11) is 0. The van der Waals surface area contributed by atoms with Gasteiger partial charge in [-0.05, 0) is 6.92 Å². The van der Waals surface area contributed by atoms with Crippen molar-refractivity contribution in [2.75, 3.05) is 6.61 Å². The zero-order valence-corrected chi connectivity index (χ0v) is 7.08. The quantitative estimate of drug-likeness (QED) is 0.359. The lowest BCUT2D eigenvalue weighted by Crippen LogP contribution is -2.24.